The number of hydrogen-bond acceptors (Lipinski definition) is 5. The number of benzene rings is 1. The molecule has 0 saturated carbocycles. The third-order valence-electron chi connectivity index (χ3n) is 2.87. The van der Waals surface area contributed by atoms with Gasteiger partial charge in [-0.25, -0.2) is 4.79 Å². The summed E-state index contributed by atoms with van der Waals surface area (Å²) in [5.41, 5.74) is 6.18. The number of carbonyl (C=O) groups excluding carboxylic acids is 1. The van der Waals surface area contributed by atoms with E-state index in [0.717, 1.165) is 5.56 Å². The molecule has 1 aromatic carbocycles. The zero-order valence-corrected chi connectivity index (χ0v) is 11.1. The minimum atomic E-state index is -0.948. The predicted molar refractivity (Wildman–Crippen MR) is 76.1 cm³/mol. The van der Waals surface area contributed by atoms with Crippen LogP contribution in [0.15, 0.2) is 36.4 Å². The highest BCUT2D eigenvalue weighted by atomic mass is 16.4. The molecule has 1 heterocycles. The molecule has 0 aliphatic carbocycles. The minimum Gasteiger partial charge on any atom is -0.478 e. The number of carboxylic acid groups (broad SMARTS) is 1. The lowest BCUT2D eigenvalue weighted by Crippen LogP contribution is -2.15. The number of anilines is 1. The average molecular weight is 286 g/mol. The molecule has 108 valence electrons. The second kappa shape index (κ2) is 6.47. The van der Waals surface area contributed by atoms with Crippen molar-refractivity contribution in [2.45, 2.75) is 6.42 Å². The number of hydrogen-bond donors (Lipinski definition) is 3. The van der Waals surface area contributed by atoms with Gasteiger partial charge in [-0.05, 0) is 30.2 Å². The number of primary amides is 1. The molecule has 0 aliphatic heterocycles. The Balaban J connectivity index is 1.95. The summed E-state index contributed by atoms with van der Waals surface area (Å²) in [6.07, 6.45) is 0.529. The van der Waals surface area contributed by atoms with Gasteiger partial charge >= 0.3 is 5.97 Å². The highest BCUT2D eigenvalue weighted by Gasteiger charge is 2.08. The normalized spacial score (nSPS) is 10.1. The molecule has 7 nitrogen and oxygen atoms in total. The van der Waals surface area contributed by atoms with Crippen molar-refractivity contribution in [3.63, 3.8) is 0 Å². The first-order valence-corrected chi connectivity index (χ1v) is 6.26. The molecule has 2 aromatic rings. The SMILES string of the molecule is NC(=O)c1ccc(NCCc2ccccc2C(=O)O)nn1. The average Bonchev–Trinajstić information content (AvgIpc) is 2.48. The van der Waals surface area contributed by atoms with Crippen LogP contribution in [0.25, 0.3) is 0 Å². The van der Waals surface area contributed by atoms with Gasteiger partial charge in [0.05, 0.1) is 5.56 Å². The zero-order valence-electron chi connectivity index (χ0n) is 11.1. The number of nitrogens with one attached hydrogen (secondary N) is 1. The first kappa shape index (κ1) is 14.4. The number of amides is 1. The van der Waals surface area contributed by atoms with E-state index < -0.39 is 11.9 Å². The predicted octanol–water partition coefficient (Wildman–Crippen LogP) is 0.928. The van der Waals surface area contributed by atoms with Crippen molar-refractivity contribution in [1.29, 1.82) is 0 Å². The van der Waals surface area contributed by atoms with Crippen molar-refractivity contribution in [1.82, 2.24) is 10.2 Å². The van der Waals surface area contributed by atoms with E-state index in [1.54, 1.807) is 30.3 Å². The van der Waals surface area contributed by atoms with E-state index in [1.165, 1.54) is 6.07 Å². The van der Waals surface area contributed by atoms with E-state index in [9.17, 15) is 9.59 Å². The molecular formula is C14H14N4O3. The number of aromatic nitrogens is 2. The summed E-state index contributed by atoms with van der Waals surface area (Å²) in [6.45, 7) is 0.495. The van der Waals surface area contributed by atoms with Gasteiger partial charge in [-0.3, -0.25) is 4.79 Å². The van der Waals surface area contributed by atoms with Crippen molar-refractivity contribution in [2.75, 3.05) is 11.9 Å². The van der Waals surface area contributed by atoms with Gasteiger partial charge in [0.15, 0.2) is 5.69 Å². The maximum absolute atomic E-state index is 11.1. The van der Waals surface area contributed by atoms with Crippen LogP contribution < -0.4 is 11.1 Å². The molecule has 0 saturated heterocycles. The Labute approximate surface area is 120 Å². The first-order chi connectivity index (χ1) is 10.1. The fourth-order valence-corrected chi connectivity index (χ4v) is 1.83. The van der Waals surface area contributed by atoms with Gasteiger partial charge in [-0.1, -0.05) is 18.2 Å². The molecule has 21 heavy (non-hydrogen) atoms. The number of rotatable bonds is 6. The second-order valence-corrected chi connectivity index (χ2v) is 4.31. The van der Waals surface area contributed by atoms with Crippen LogP contribution in [0.1, 0.15) is 26.4 Å². The van der Waals surface area contributed by atoms with E-state index in [1.807, 2.05) is 0 Å². The third kappa shape index (κ3) is 3.75. The lowest BCUT2D eigenvalue weighted by molar-refractivity contribution is 0.0695. The number of nitrogens with two attached hydrogens (primary N) is 1. The second-order valence-electron chi connectivity index (χ2n) is 4.31. The largest absolute Gasteiger partial charge is 0.478 e. The Hall–Kier alpha value is -2.96. The molecule has 0 spiro atoms. The Morgan fingerprint density at radius 1 is 1.14 bits per heavy atom. The molecule has 0 unspecified atom stereocenters. The fourth-order valence-electron chi connectivity index (χ4n) is 1.83. The van der Waals surface area contributed by atoms with Crippen molar-refractivity contribution < 1.29 is 14.7 Å². The monoisotopic (exact) mass is 286 g/mol. The van der Waals surface area contributed by atoms with Crippen LogP contribution in [-0.2, 0) is 6.42 Å². The maximum Gasteiger partial charge on any atom is 0.335 e. The highest BCUT2D eigenvalue weighted by Crippen LogP contribution is 2.10. The van der Waals surface area contributed by atoms with Gasteiger partial charge in [0.1, 0.15) is 5.82 Å². The summed E-state index contributed by atoms with van der Waals surface area (Å²) in [6, 6.07) is 9.89. The van der Waals surface area contributed by atoms with Gasteiger partial charge in [-0.15, -0.1) is 10.2 Å². The highest BCUT2D eigenvalue weighted by molar-refractivity contribution is 5.90. The molecular weight excluding hydrogens is 272 g/mol. The Morgan fingerprint density at radius 3 is 2.52 bits per heavy atom. The van der Waals surface area contributed by atoms with Crippen LogP contribution in [0.3, 0.4) is 0 Å². The quantitative estimate of drug-likeness (QED) is 0.727. The van der Waals surface area contributed by atoms with E-state index in [2.05, 4.69) is 15.5 Å². The molecule has 0 aliphatic rings. The van der Waals surface area contributed by atoms with Crippen LogP contribution in [0, 0.1) is 0 Å². The topological polar surface area (TPSA) is 118 Å². The molecule has 0 bridgehead atoms. The Bertz CT molecular complexity index is 656. The lowest BCUT2D eigenvalue weighted by Gasteiger charge is -2.07. The van der Waals surface area contributed by atoms with Crippen LogP contribution >= 0.6 is 0 Å². The van der Waals surface area contributed by atoms with Crippen LogP contribution in [0.5, 0.6) is 0 Å². The standard InChI is InChI=1S/C14H14N4O3/c15-13(19)11-5-6-12(18-17-11)16-8-7-9-3-1-2-4-10(9)14(20)21/h1-6H,7-8H2,(H2,15,19)(H,16,18)(H,20,21). The van der Waals surface area contributed by atoms with E-state index in [4.69, 9.17) is 10.8 Å². The van der Waals surface area contributed by atoms with Gasteiger partial charge in [0.25, 0.3) is 5.91 Å². The number of nitrogens with zero attached hydrogens (tertiary/aromatic N) is 2. The van der Waals surface area contributed by atoms with Crippen molar-refractivity contribution in [3.8, 4) is 0 Å². The molecule has 2 rings (SSSR count). The van der Waals surface area contributed by atoms with Crippen molar-refractivity contribution in [2.24, 2.45) is 5.73 Å². The number of carboxylic acids is 1. The molecule has 1 amide bonds. The molecule has 1 aromatic heterocycles. The molecule has 0 radical (unpaired) electrons. The van der Waals surface area contributed by atoms with E-state index in [0.29, 0.717) is 18.8 Å². The molecule has 7 heteroatoms. The first-order valence-electron chi connectivity index (χ1n) is 6.26. The summed E-state index contributed by atoms with van der Waals surface area (Å²) in [5.74, 6) is -1.09. The molecule has 0 atom stereocenters. The summed E-state index contributed by atoms with van der Waals surface area (Å²) < 4.78 is 0. The van der Waals surface area contributed by atoms with Gasteiger partial charge < -0.3 is 16.2 Å². The number of carbonyl (C=O) groups is 2. The summed E-state index contributed by atoms with van der Waals surface area (Å²) in [5, 5.41) is 19.6. The fraction of sp³-hybridized carbons (Fsp3) is 0.143. The Morgan fingerprint density at radius 2 is 1.90 bits per heavy atom. The van der Waals surface area contributed by atoms with Crippen LogP contribution in [0.2, 0.25) is 0 Å². The van der Waals surface area contributed by atoms with Gasteiger partial charge in [-0.2, -0.15) is 0 Å². The summed E-state index contributed by atoms with van der Waals surface area (Å²) in [7, 11) is 0. The van der Waals surface area contributed by atoms with E-state index >= 15 is 0 Å². The van der Waals surface area contributed by atoms with E-state index in [-0.39, 0.29) is 11.3 Å². The minimum absolute atomic E-state index is 0.0942. The van der Waals surface area contributed by atoms with Crippen LogP contribution in [-0.4, -0.2) is 33.7 Å². The van der Waals surface area contributed by atoms with Crippen molar-refractivity contribution in [3.05, 3.63) is 53.2 Å². The number of aromatic carboxylic acids is 1. The summed E-state index contributed by atoms with van der Waals surface area (Å²) in [4.78, 5) is 21.9. The van der Waals surface area contributed by atoms with Crippen molar-refractivity contribution >= 4 is 17.7 Å². The third-order valence-corrected chi connectivity index (χ3v) is 2.87. The zero-order chi connectivity index (χ0) is 15.2. The van der Waals surface area contributed by atoms with Crippen LogP contribution in [0.4, 0.5) is 5.82 Å². The summed E-state index contributed by atoms with van der Waals surface area (Å²) >= 11 is 0. The molecule has 0 fully saturated rings. The smallest absolute Gasteiger partial charge is 0.335 e. The Kier molecular flexibility index (Phi) is 4.45. The van der Waals surface area contributed by atoms with Gasteiger partial charge in [0.2, 0.25) is 0 Å². The molecule has 4 N–H and O–H groups in total. The maximum atomic E-state index is 11.1. The van der Waals surface area contributed by atoms with Gasteiger partial charge in [0, 0.05) is 6.54 Å². The lowest BCUT2D eigenvalue weighted by atomic mass is 10.0.